The van der Waals surface area contributed by atoms with Gasteiger partial charge in [0.15, 0.2) is 12.0 Å². The minimum Gasteiger partial charge on any atom is -0.486 e. The standard InChI is InChI=1S/C29H28FN7O4/c1-17(38)10-21-4-5-22(14-32-21)35-29-34-16-33-27(36-29)18-3-7-25(20(11-18)13-31)41-26-8-9-37(15-24(26)30)28(40)19-2-6-23(39)12-19/h3-5,7,11,14,16,19,24,26H,2,6,8-10,12,15H2,1H3,(H,33,34,35,36)/t19?,24-,26+/m1/s1. The van der Waals surface area contributed by atoms with Crippen LogP contribution in [0.3, 0.4) is 0 Å². The Kier molecular flexibility index (Phi) is 8.24. The van der Waals surface area contributed by atoms with Crippen molar-refractivity contribution in [3.63, 3.8) is 0 Å². The summed E-state index contributed by atoms with van der Waals surface area (Å²) < 4.78 is 21.0. The van der Waals surface area contributed by atoms with Crippen LogP contribution in [0.25, 0.3) is 11.4 Å². The van der Waals surface area contributed by atoms with Crippen molar-refractivity contribution in [2.45, 2.75) is 51.3 Å². The first kappa shape index (κ1) is 27.8. The second-order valence-corrected chi connectivity index (χ2v) is 10.2. The third-order valence-corrected chi connectivity index (χ3v) is 7.11. The minimum atomic E-state index is -1.43. The minimum absolute atomic E-state index is 0.0223. The lowest BCUT2D eigenvalue weighted by Crippen LogP contribution is -2.50. The second kappa shape index (κ2) is 12.2. The fourth-order valence-corrected chi connectivity index (χ4v) is 5.00. The normalized spacial score (nSPS) is 20.4. The molecule has 5 rings (SSSR count). The number of likely N-dealkylation sites (tertiary alicyclic amines) is 1. The van der Waals surface area contributed by atoms with E-state index in [-0.39, 0.29) is 66.5 Å². The molecule has 1 saturated heterocycles. The van der Waals surface area contributed by atoms with Gasteiger partial charge in [-0.2, -0.15) is 10.2 Å². The molecule has 41 heavy (non-hydrogen) atoms. The van der Waals surface area contributed by atoms with Gasteiger partial charge in [0.25, 0.3) is 0 Å². The number of aromatic nitrogens is 4. The van der Waals surface area contributed by atoms with E-state index >= 15 is 4.39 Å². The number of halogens is 1. The van der Waals surface area contributed by atoms with E-state index in [1.165, 1.54) is 18.2 Å². The first-order valence-electron chi connectivity index (χ1n) is 13.3. The molecule has 1 aromatic carbocycles. The van der Waals surface area contributed by atoms with Crippen LogP contribution in [0.15, 0.2) is 42.9 Å². The summed E-state index contributed by atoms with van der Waals surface area (Å²) in [6.07, 6.45) is 2.35. The monoisotopic (exact) mass is 557 g/mol. The van der Waals surface area contributed by atoms with E-state index < -0.39 is 12.3 Å². The van der Waals surface area contributed by atoms with Crippen molar-refractivity contribution >= 4 is 29.1 Å². The fourth-order valence-electron chi connectivity index (χ4n) is 5.00. The van der Waals surface area contributed by atoms with Crippen LogP contribution in [0.4, 0.5) is 16.0 Å². The maximum atomic E-state index is 15.1. The fraction of sp³-hybridized carbons (Fsp3) is 0.379. The molecule has 3 heterocycles. The first-order valence-corrected chi connectivity index (χ1v) is 13.3. The van der Waals surface area contributed by atoms with Crippen LogP contribution in [-0.4, -0.2) is 67.7 Å². The summed E-state index contributed by atoms with van der Waals surface area (Å²) in [6.45, 7) is 1.72. The molecule has 2 fully saturated rings. The lowest BCUT2D eigenvalue weighted by atomic mass is 10.0. The van der Waals surface area contributed by atoms with E-state index in [1.54, 1.807) is 36.5 Å². The smallest absolute Gasteiger partial charge is 0.230 e. The van der Waals surface area contributed by atoms with Gasteiger partial charge in [-0.05, 0) is 43.7 Å². The number of carbonyl (C=O) groups is 3. The van der Waals surface area contributed by atoms with Crippen molar-refractivity contribution < 1.29 is 23.5 Å². The number of carbonyl (C=O) groups excluding carboxylic acids is 3. The molecule has 1 saturated carbocycles. The van der Waals surface area contributed by atoms with Gasteiger partial charge in [-0.1, -0.05) is 0 Å². The van der Waals surface area contributed by atoms with Crippen LogP contribution in [-0.2, 0) is 20.8 Å². The van der Waals surface area contributed by atoms with Gasteiger partial charge in [0.1, 0.15) is 35.8 Å². The third-order valence-electron chi connectivity index (χ3n) is 7.11. The highest BCUT2D eigenvalue weighted by Crippen LogP contribution is 2.30. The molecule has 0 spiro atoms. The summed E-state index contributed by atoms with van der Waals surface area (Å²) in [7, 11) is 0. The largest absolute Gasteiger partial charge is 0.486 e. The molecule has 0 radical (unpaired) electrons. The second-order valence-electron chi connectivity index (χ2n) is 10.2. The zero-order chi connectivity index (χ0) is 28.9. The highest BCUT2D eigenvalue weighted by molar-refractivity contribution is 5.90. The number of nitrogens with one attached hydrogen (secondary N) is 1. The molecule has 3 atom stereocenters. The lowest BCUT2D eigenvalue weighted by molar-refractivity contribution is -0.140. The number of rotatable bonds is 8. The van der Waals surface area contributed by atoms with Crippen molar-refractivity contribution in [1.29, 1.82) is 5.26 Å². The molecular formula is C29H28FN7O4. The summed E-state index contributed by atoms with van der Waals surface area (Å²) in [5.74, 6) is 0.371. The molecule has 2 aromatic heterocycles. The maximum Gasteiger partial charge on any atom is 0.230 e. The summed E-state index contributed by atoms with van der Waals surface area (Å²) >= 11 is 0. The Bertz CT molecular complexity index is 1510. The van der Waals surface area contributed by atoms with Crippen LogP contribution >= 0.6 is 0 Å². The SMILES string of the molecule is CC(=O)Cc1ccc(Nc2ncnc(-c3ccc(O[C@H]4CCN(C(=O)C5CCC(=O)C5)C[C@H]4F)c(C#N)c3)n2)cn1. The predicted octanol–water partition coefficient (Wildman–Crippen LogP) is 3.37. The Balaban J connectivity index is 1.23. The molecule has 1 aliphatic carbocycles. The molecule has 1 N–H and O–H groups in total. The van der Waals surface area contributed by atoms with E-state index in [0.717, 1.165) is 0 Å². The number of hydrogen-bond donors (Lipinski definition) is 1. The zero-order valence-corrected chi connectivity index (χ0v) is 22.4. The number of nitrogens with zero attached hydrogens (tertiary/aromatic N) is 6. The number of piperidine rings is 1. The van der Waals surface area contributed by atoms with Gasteiger partial charge in [0, 0.05) is 49.4 Å². The van der Waals surface area contributed by atoms with Gasteiger partial charge >= 0.3 is 0 Å². The van der Waals surface area contributed by atoms with Crippen LogP contribution in [0.5, 0.6) is 5.75 Å². The summed E-state index contributed by atoms with van der Waals surface area (Å²) in [5, 5.41) is 12.8. The van der Waals surface area contributed by atoms with Crippen molar-refractivity contribution in [1.82, 2.24) is 24.8 Å². The molecular weight excluding hydrogens is 529 g/mol. The molecule has 2 aliphatic rings. The van der Waals surface area contributed by atoms with Gasteiger partial charge in [-0.3, -0.25) is 19.4 Å². The summed E-state index contributed by atoms with van der Waals surface area (Å²) in [4.78, 5) is 54.0. The van der Waals surface area contributed by atoms with Gasteiger partial charge in [-0.25, -0.2) is 14.4 Å². The van der Waals surface area contributed by atoms with E-state index in [9.17, 15) is 19.6 Å². The number of anilines is 2. The van der Waals surface area contributed by atoms with Crippen LogP contribution in [0.1, 0.15) is 43.9 Å². The van der Waals surface area contributed by atoms with Gasteiger partial charge in [-0.15, -0.1) is 0 Å². The van der Waals surface area contributed by atoms with Crippen molar-refractivity contribution in [2.75, 3.05) is 18.4 Å². The first-order chi connectivity index (χ1) is 19.8. The van der Waals surface area contributed by atoms with Crippen molar-refractivity contribution in [2.24, 2.45) is 5.92 Å². The van der Waals surface area contributed by atoms with Gasteiger partial charge in [0.05, 0.1) is 24.0 Å². The molecule has 3 aromatic rings. The molecule has 210 valence electrons. The van der Waals surface area contributed by atoms with Crippen LogP contribution in [0, 0.1) is 17.2 Å². The van der Waals surface area contributed by atoms with E-state index in [4.69, 9.17) is 4.74 Å². The molecule has 1 aliphatic heterocycles. The summed E-state index contributed by atoms with van der Waals surface area (Å²) in [5.41, 5.74) is 2.02. The van der Waals surface area contributed by atoms with Crippen LogP contribution < -0.4 is 10.1 Å². The molecule has 1 amide bonds. The molecule has 11 nitrogen and oxygen atoms in total. The number of ether oxygens (including phenoxy) is 1. The highest BCUT2D eigenvalue weighted by Gasteiger charge is 2.37. The number of benzene rings is 1. The van der Waals surface area contributed by atoms with E-state index in [1.807, 2.05) is 0 Å². The number of nitriles is 1. The van der Waals surface area contributed by atoms with Crippen LogP contribution in [0.2, 0.25) is 0 Å². The molecule has 0 bridgehead atoms. The number of amides is 1. The maximum absolute atomic E-state index is 15.1. The van der Waals surface area contributed by atoms with Gasteiger partial charge < -0.3 is 15.0 Å². The van der Waals surface area contributed by atoms with E-state index in [2.05, 4.69) is 31.3 Å². The third kappa shape index (κ3) is 6.69. The topological polar surface area (TPSA) is 151 Å². The Morgan fingerprint density at radius 2 is 2.05 bits per heavy atom. The van der Waals surface area contributed by atoms with E-state index in [0.29, 0.717) is 42.2 Å². The quantitative estimate of drug-likeness (QED) is 0.436. The number of pyridine rings is 1. The zero-order valence-electron chi connectivity index (χ0n) is 22.4. The average Bonchev–Trinajstić information content (AvgIpc) is 3.41. The Labute approximate surface area is 235 Å². The van der Waals surface area contributed by atoms with Crippen molar-refractivity contribution in [3.8, 4) is 23.2 Å². The number of ketones is 2. The predicted molar refractivity (Wildman–Crippen MR) is 145 cm³/mol. The highest BCUT2D eigenvalue weighted by atomic mass is 19.1. The Hall–Kier alpha value is -4.79. The van der Waals surface area contributed by atoms with Crippen molar-refractivity contribution in [3.05, 3.63) is 54.1 Å². The molecule has 12 heteroatoms. The lowest BCUT2D eigenvalue weighted by Gasteiger charge is -2.36. The Morgan fingerprint density at radius 1 is 1.20 bits per heavy atom. The Morgan fingerprint density at radius 3 is 2.73 bits per heavy atom. The number of alkyl halides is 1. The number of Topliss-reactive ketones (excluding diaryl/α,β-unsaturated/α-hetero) is 2. The molecule has 1 unspecified atom stereocenters. The van der Waals surface area contributed by atoms with Gasteiger partial charge in [0.2, 0.25) is 11.9 Å². The summed E-state index contributed by atoms with van der Waals surface area (Å²) in [6, 6.07) is 10.4. The average molecular weight is 558 g/mol. The number of hydrogen-bond acceptors (Lipinski definition) is 10.